The molecule has 0 aliphatic heterocycles. The van der Waals surface area contributed by atoms with Gasteiger partial charge in [-0.15, -0.1) is 0 Å². The normalized spacial score (nSPS) is 11.7. The molecular formula is C14H6Br2F3N3O. The zero-order chi connectivity index (χ0) is 16.6. The Morgan fingerprint density at radius 2 is 1.74 bits per heavy atom. The lowest BCUT2D eigenvalue weighted by atomic mass is 10.2. The average molecular weight is 449 g/mol. The van der Waals surface area contributed by atoms with Crippen molar-refractivity contribution < 1.29 is 17.9 Å². The van der Waals surface area contributed by atoms with Crippen molar-refractivity contribution in [1.29, 1.82) is 0 Å². The molecule has 118 valence electrons. The molecule has 4 nitrogen and oxygen atoms in total. The van der Waals surface area contributed by atoms with Crippen LogP contribution in [0, 0.1) is 0 Å². The number of pyridine rings is 1. The molecule has 23 heavy (non-hydrogen) atoms. The summed E-state index contributed by atoms with van der Waals surface area (Å²) >= 11 is 6.49. The van der Waals surface area contributed by atoms with Crippen molar-refractivity contribution >= 4 is 42.8 Å². The number of hydrogen-bond donors (Lipinski definition) is 0. The number of nitrogens with zero attached hydrogens (tertiary/aromatic N) is 3. The summed E-state index contributed by atoms with van der Waals surface area (Å²) in [7, 11) is 0. The summed E-state index contributed by atoms with van der Waals surface area (Å²) in [5, 5.41) is 0.354. The van der Waals surface area contributed by atoms with Crippen LogP contribution in [0.4, 0.5) is 13.2 Å². The van der Waals surface area contributed by atoms with Gasteiger partial charge < -0.3 is 4.74 Å². The molecule has 0 amide bonds. The second-order valence-electron chi connectivity index (χ2n) is 4.45. The SMILES string of the molecule is FC(F)(F)c1nc(Oc2cncc(Br)c2)c2cc(Br)ccc2n1. The third-order valence-electron chi connectivity index (χ3n) is 2.77. The second-order valence-corrected chi connectivity index (χ2v) is 6.28. The van der Waals surface area contributed by atoms with Crippen LogP contribution >= 0.6 is 31.9 Å². The monoisotopic (exact) mass is 447 g/mol. The van der Waals surface area contributed by atoms with Gasteiger partial charge in [-0.2, -0.15) is 18.2 Å². The van der Waals surface area contributed by atoms with E-state index >= 15 is 0 Å². The molecule has 0 N–H and O–H groups in total. The first-order valence-corrected chi connectivity index (χ1v) is 7.74. The largest absolute Gasteiger partial charge is 0.451 e. The van der Waals surface area contributed by atoms with Crippen molar-refractivity contribution in [2.45, 2.75) is 6.18 Å². The fourth-order valence-electron chi connectivity index (χ4n) is 1.84. The molecule has 0 saturated carbocycles. The molecule has 0 fully saturated rings. The van der Waals surface area contributed by atoms with Crippen LogP contribution in [-0.4, -0.2) is 15.0 Å². The summed E-state index contributed by atoms with van der Waals surface area (Å²) in [6.45, 7) is 0. The third-order valence-corrected chi connectivity index (χ3v) is 3.70. The van der Waals surface area contributed by atoms with E-state index in [1.807, 2.05) is 0 Å². The van der Waals surface area contributed by atoms with E-state index in [1.165, 1.54) is 18.5 Å². The Morgan fingerprint density at radius 3 is 2.43 bits per heavy atom. The van der Waals surface area contributed by atoms with Crippen LogP contribution in [0.25, 0.3) is 10.9 Å². The first-order chi connectivity index (χ1) is 10.8. The number of alkyl halides is 3. The maximum atomic E-state index is 13.0. The highest BCUT2D eigenvalue weighted by atomic mass is 79.9. The van der Waals surface area contributed by atoms with Gasteiger partial charge in [0.05, 0.1) is 17.1 Å². The summed E-state index contributed by atoms with van der Waals surface area (Å²) in [5.74, 6) is -1.19. The molecule has 0 spiro atoms. The maximum Gasteiger partial charge on any atom is 0.451 e. The molecule has 0 atom stereocenters. The van der Waals surface area contributed by atoms with Gasteiger partial charge >= 0.3 is 6.18 Å². The molecule has 3 rings (SSSR count). The zero-order valence-electron chi connectivity index (χ0n) is 11.1. The molecule has 0 bridgehead atoms. The van der Waals surface area contributed by atoms with E-state index in [4.69, 9.17) is 4.74 Å². The first kappa shape index (κ1) is 16.1. The summed E-state index contributed by atoms with van der Waals surface area (Å²) in [6.07, 6.45) is -1.76. The third kappa shape index (κ3) is 3.61. The van der Waals surface area contributed by atoms with Crippen LogP contribution < -0.4 is 4.74 Å². The minimum atomic E-state index is -4.67. The molecule has 0 aliphatic rings. The van der Waals surface area contributed by atoms with Crippen molar-refractivity contribution in [1.82, 2.24) is 15.0 Å². The van der Waals surface area contributed by atoms with Crippen LogP contribution in [0.15, 0.2) is 45.6 Å². The molecule has 1 aromatic carbocycles. The Hall–Kier alpha value is -1.74. The Balaban J connectivity index is 2.18. The number of ether oxygens (including phenoxy) is 1. The van der Waals surface area contributed by atoms with E-state index in [0.717, 1.165) is 0 Å². The van der Waals surface area contributed by atoms with Crippen LogP contribution in [0.3, 0.4) is 0 Å². The van der Waals surface area contributed by atoms with E-state index in [2.05, 4.69) is 46.8 Å². The highest BCUT2D eigenvalue weighted by molar-refractivity contribution is 9.10. The van der Waals surface area contributed by atoms with E-state index in [0.29, 0.717) is 14.3 Å². The van der Waals surface area contributed by atoms with E-state index in [-0.39, 0.29) is 17.1 Å². The number of aromatic nitrogens is 3. The van der Waals surface area contributed by atoms with Crippen LogP contribution in [0.1, 0.15) is 5.82 Å². The summed E-state index contributed by atoms with van der Waals surface area (Å²) in [4.78, 5) is 11.0. The Labute approximate surface area is 145 Å². The van der Waals surface area contributed by atoms with Crippen LogP contribution in [0.5, 0.6) is 11.6 Å². The van der Waals surface area contributed by atoms with Crippen molar-refractivity contribution in [3.8, 4) is 11.6 Å². The van der Waals surface area contributed by atoms with Crippen molar-refractivity contribution in [2.75, 3.05) is 0 Å². The van der Waals surface area contributed by atoms with Gasteiger partial charge in [0.1, 0.15) is 5.75 Å². The van der Waals surface area contributed by atoms with Gasteiger partial charge in [0, 0.05) is 15.1 Å². The van der Waals surface area contributed by atoms with E-state index in [9.17, 15) is 13.2 Å². The molecule has 9 heteroatoms. The minimum absolute atomic E-state index is 0.133. The smallest absolute Gasteiger partial charge is 0.437 e. The quantitative estimate of drug-likeness (QED) is 0.529. The predicted octanol–water partition coefficient (Wildman–Crippen LogP) is 5.36. The topological polar surface area (TPSA) is 47.9 Å². The molecule has 0 saturated heterocycles. The summed E-state index contributed by atoms with van der Waals surface area (Å²) in [5.41, 5.74) is 0.133. The van der Waals surface area contributed by atoms with Gasteiger partial charge in [-0.1, -0.05) is 15.9 Å². The Kier molecular flexibility index (Phi) is 4.24. The highest BCUT2D eigenvalue weighted by Crippen LogP contribution is 2.34. The van der Waals surface area contributed by atoms with Crippen LogP contribution in [0.2, 0.25) is 0 Å². The van der Waals surface area contributed by atoms with Gasteiger partial charge in [0.15, 0.2) is 0 Å². The van der Waals surface area contributed by atoms with Gasteiger partial charge in [-0.3, -0.25) is 4.98 Å². The fraction of sp³-hybridized carbons (Fsp3) is 0.0714. The molecule has 3 aromatic rings. The molecule has 2 aromatic heterocycles. The van der Waals surface area contributed by atoms with Crippen molar-refractivity contribution in [2.24, 2.45) is 0 Å². The Bertz CT molecular complexity index is 887. The minimum Gasteiger partial charge on any atom is -0.437 e. The lowest BCUT2D eigenvalue weighted by Crippen LogP contribution is -2.11. The standard InChI is InChI=1S/C14H6Br2F3N3O/c15-7-1-2-11-10(4-7)12(22-13(21-11)14(17,18)19)23-9-3-8(16)5-20-6-9/h1-6H. The van der Waals surface area contributed by atoms with Gasteiger partial charge in [0.2, 0.25) is 11.7 Å². The summed E-state index contributed by atoms with van der Waals surface area (Å²) < 4.78 is 45.7. The molecule has 0 unspecified atom stereocenters. The molecule has 0 aliphatic carbocycles. The highest BCUT2D eigenvalue weighted by Gasteiger charge is 2.36. The number of rotatable bonds is 2. The number of halogens is 5. The van der Waals surface area contributed by atoms with Gasteiger partial charge in [-0.25, -0.2) is 4.98 Å². The van der Waals surface area contributed by atoms with Gasteiger partial charge in [0.25, 0.3) is 0 Å². The average Bonchev–Trinajstić information content (AvgIpc) is 2.46. The predicted molar refractivity (Wildman–Crippen MR) is 84.3 cm³/mol. The van der Waals surface area contributed by atoms with Crippen LogP contribution in [-0.2, 0) is 6.18 Å². The number of hydrogen-bond acceptors (Lipinski definition) is 4. The Morgan fingerprint density at radius 1 is 0.957 bits per heavy atom. The lowest BCUT2D eigenvalue weighted by molar-refractivity contribution is -0.144. The second kappa shape index (κ2) is 6.04. The molecular weight excluding hydrogens is 443 g/mol. The zero-order valence-corrected chi connectivity index (χ0v) is 14.3. The summed E-state index contributed by atoms with van der Waals surface area (Å²) in [6, 6.07) is 6.23. The van der Waals surface area contributed by atoms with E-state index in [1.54, 1.807) is 18.2 Å². The number of benzene rings is 1. The lowest BCUT2D eigenvalue weighted by Gasteiger charge is -2.11. The van der Waals surface area contributed by atoms with Gasteiger partial charge in [-0.05, 0) is 40.2 Å². The first-order valence-electron chi connectivity index (χ1n) is 6.16. The molecule has 0 radical (unpaired) electrons. The number of fused-ring (bicyclic) bond motifs is 1. The fourth-order valence-corrected chi connectivity index (χ4v) is 2.54. The van der Waals surface area contributed by atoms with Crippen molar-refractivity contribution in [3.63, 3.8) is 0 Å². The van der Waals surface area contributed by atoms with E-state index < -0.39 is 12.0 Å². The maximum absolute atomic E-state index is 13.0. The van der Waals surface area contributed by atoms with Crippen molar-refractivity contribution in [3.05, 3.63) is 51.4 Å². The molecule has 2 heterocycles.